The first-order valence-electron chi connectivity index (χ1n) is 9.82. The van der Waals surface area contributed by atoms with E-state index >= 15 is 0 Å². The van der Waals surface area contributed by atoms with Crippen molar-refractivity contribution in [2.45, 2.75) is 38.1 Å². The van der Waals surface area contributed by atoms with Crippen LogP contribution in [-0.2, 0) is 4.79 Å². The van der Waals surface area contributed by atoms with E-state index < -0.39 is 0 Å². The van der Waals surface area contributed by atoms with Crippen molar-refractivity contribution < 1.29 is 4.79 Å². The Labute approximate surface area is 175 Å². The Balaban J connectivity index is 0.00000240. The Morgan fingerprint density at radius 2 is 1.86 bits per heavy atom. The van der Waals surface area contributed by atoms with E-state index in [2.05, 4.69) is 20.8 Å². The summed E-state index contributed by atoms with van der Waals surface area (Å²) in [5.74, 6) is 0.0165. The largest absolute Gasteiger partial charge is 0.326 e. The molecule has 1 aliphatic carbocycles. The lowest BCUT2D eigenvalue weighted by molar-refractivity contribution is -0.116. The zero-order chi connectivity index (χ0) is 19.3. The molecule has 3 N–H and O–H groups in total. The van der Waals surface area contributed by atoms with Gasteiger partial charge in [0, 0.05) is 29.1 Å². The van der Waals surface area contributed by atoms with Crippen molar-refractivity contribution in [1.29, 1.82) is 0 Å². The number of aromatic amines is 1. The number of fused-ring (bicyclic) bond motifs is 1. The zero-order valence-corrected chi connectivity index (χ0v) is 16.9. The molecule has 4 rings (SSSR count). The molecule has 1 aromatic heterocycles. The molecule has 29 heavy (non-hydrogen) atoms. The maximum absolute atomic E-state index is 12.2. The Morgan fingerprint density at radius 3 is 2.66 bits per heavy atom. The minimum Gasteiger partial charge on any atom is -0.326 e. The van der Waals surface area contributed by atoms with Gasteiger partial charge in [0.1, 0.15) is 0 Å². The Morgan fingerprint density at radius 1 is 1.07 bits per heavy atom. The highest BCUT2D eigenvalue weighted by atomic mass is 35.5. The third-order valence-corrected chi connectivity index (χ3v) is 4.96. The van der Waals surface area contributed by atoms with Gasteiger partial charge in [0.2, 0.25) is 5.91 Å². The summed E-state index contributed by atoms with van der Waals surface area (Å²) in [6.07, 6.45) is 4.97. The molecule has 1 saturated carbocycles. The third-order valence-electron chi connectivity index (χ3n) is 4.96. The molecule has 1 amide bonds. The van der Waals surface area contributed by atoms with Crippen LogP contribution in [0.4, 0.5) is 5.69 Å². The predicted molar refractivity (Wildman–Crippen MR) is 119 cm³/mol. The number of halogens is 1. The number of carbonyl (C=O) groups excluding carboxylic acids is 1. The molecule has 0 unspecified atom stereocenters. The average molecular weight is 413 g/mol. The summed E-state index contributed by atoms with van der Waals surface area (Å²) < 4.78 is 0. The highest BCUT2D eigenvalue weighted by molar-refractivity contribution is 5.95. The van der Waals surface area contributed by atoms with Crippen LogP contribution in [-0.4, -0.2) is 28.7 Å². The van der Waals surface area contributed by atoms with E-state index in [9.17, 15) is 9.59 Å². The van der Waals surface area contributed by atoms with E-state index in [0.717, 1.165) is 36.0 Å². The number of nitrogens with one attached hydrogen (secondary N) is 3. The lowest BCUT2D eigenvalue weighted by Crippen LogP contribution is -2.18. The molecule has 7 heteroatoms. The highest BCUT2D eigenvalue weighted by Gasteiger charge is 2.19. The molecule has 6 nitrogen and oxygen atoms in total. The van der Waals surface area contributed by atoms with Gasteiger partial charge in [-0.2, -0.15) is 5.10 Å². The summed E-state index contributed by atoms with van der Waals surface area (Å²) in [5, 5.41) is 14.6. The first-order chi connectivity index (χ1) is 13.7. The van der Waals surface area contributed by atoms with Crippen molar-refractivity contribution in [3.8, 4) is 11.3 Å². The van der Waals surface area contributed by atoms with Gasteiger partial charge in [0.25, 0.3) is 5.56 Å². The molecule has 2 aromatic carbocycles. The number of amides is 1. The smallest absolute Gasteiger partial charge is 0.272 e. The van der Waals surface area contributed by atoms with Gasteiger partial charge < -0.3 is 10.6 Å². The highest BCUT2D eigenvalue weighted by Crippen LogP contribution is 2.26. The number of carbonyl (C=O) groups is 1. The van der Waals surface area contributed by atoms with E-state index in [0.29, 0.717) is 23.5 Å². The van der Waals surface area contributed by atoms with Crippen molar-refractivity contribution in [1.82, 2.24) is 15.5 Å². The summed E-state index contributed by atoms with van der Waals surface area (Å²) in [4.78, 5) is 24.2. The van der Waals surface area contributed by atoms with Gasteiger partial charge in [-0.05, 0) is 50.4 Å². The quantitative estimate of drug-likeness (QED) is 0.490. The summed E-state index contributed by atoms with van der Waals surface area (Å²) >= 11 is 0. The van der Waals surface area contributed by atoms with E-state index in [1.165, 1.54) is 12.8 Å². The molecule has 1 heterocycles. The van der Waals surface area contributed by atoms with Crippen LogP contribution in [0.3, 0.4) is 0 Å². The van der Waals surface area contributed by atoms with Crippen LogP contribution in [0.2, 0.25) is 0 Å². The zero-order valence-electron chi connectivity index (χ0n) is 16.1. The van der Waals surface area contributed by atoms with Crippen molar-refractivity contribution in [2.24, 2.45) is 0 Å². The second kappa shape index (κ2) is 9.67. The van der Waals surface area contributed by atoms with Crippen LogP contribution in [0, 0.1) is 0 Å². The number of hydrogen-bond donors (Lipinski definition) is 3. The van der Waals surface area contributed by atoms with Crippen molar-refractivity contribution in [2.75, 3.05) is 11.9 Å². The molecule has 1 aliphatic rings. The lowest BCUT2D eigenvalue weighted by Gasteiger charge is -2.09. The molecular weight excluding hydrogens is 388 g/mol. The van der Waals surface area contributed by atoms with Gasteiger partial charge in [-0.15, -0.1) is 12.4 Å². The van der Waals surface area contributed by atoms with Crippen LogP contribution in [0.15, 0.2) is 53.3 Å². The fourth-order valence-electron chi connectivity index (χ4n) is 3.31. The molecule has 0 saturated heterocycles. The topological polar surface area (TPSA) is 86.9 Å². The van der Waals surface area contributed by atoms with E-state index in [1.54, 1.807) is 6.07 Å². The SMILES string of the molecule is Cl.O=C(CCCCNC1CC1)Nc1cccc(-c2n[nH]c(=O)c3ccccc23)c1. The number of hydrogen-bond acceptors (Lipinski definition) is 4. The maximum Gasteiger partial charge on any atom is 0.272 e. The summed E-state index contributed by atoms with van der Waals surface area (Å²) in [6.45, 7) is 0.985. The lowest BCUT2D eigenvalue weighted by atomic mass is 10.0. The number of anilines is 1. The number of unbranched alkanes of at least 4 members (excludes halogenated alkanes) is 1. The monoisotopic (exact) mass is 412 g/mol. The fourth-order valence-corrected chi connectivity index (χ4v) is 3.31. The molecule has 0 spiro atoms. The van der Waals surface area contributed by atoms with Gasteiger partial charge >= 0.3 is 0 Å². The molecular formula is C22H25ClN4O2. The van der Waals surface area contributed by atoms with E-state index in [4.69, 9.17) is 0 Å². The van der Waals surface area contributed by atoms with Gasteiger partial charge in [-0.3, -0.25) is 9.59 Å². The average Bonchev–Trinajstić information content (AvgIpc) is 3.53. The van der Waals surface area contributed by atoms with Crippen molar-refractivity contribution in [3.63, 3.8) is 0 Å². The standard InChI is InChI=1S/C22H24N4O2.ClH/c27-20(10-3-4-13-23-16-11-12-16)24-17-7-5-6-15(14-17)21-18-8-1-2-9-19(18)22(28)26-25-21;/h1-2,5-9,14,16,23H,3-4,10-13H2,(H,24,27)(H,26,28);1H. The maximum atomic E-state index is 12.2. The summed E-state index contributed by atoms with van der Waals surface area (Å²) in [7, 11) is 0. The minimum atomic E-state index is -0.208. The number of rotatable bonds is 8. The molecule has 1 fully saturated rings. The first kappa shape index (κ1) is 21.0. The van der Waals surface area contributed by atoms with Crippen molar-refractivity contribution in [3.05, 3.63) is 58.9 Å². The van der Waals surface area contributed by atoms with Crippen molar-refractivity contribution >= 4 is 34.8 Å². The number of nitrogens with zero attached hydrogens (tertiary/aromatic N) is 1. The number of aromatic nitrogens is 2. The first-order valence-corrected chi connectivity index (χ1v) is 9.82. The van der Waals surface area contributed by atoms with Crippen LogP contribution >= 0.6 is 12.4 Å². The Bertz CT molecular complexity index is 1050. The van der Waals surface area contributed by atoms with E-state index in [1.807, 2.05) is 42.5 Å². The summed E-state index contributed by atoms with van der Waals surface area (Å²) in [5.41, 5.74) is 2.06. The number of H-pyrrole nitrogens is 1. The third kappa shape index (κ3) is 5.43. The molecule has 0 radical (unpaired) electrons. The molecule has 3 aromatic rings. The predicted octanol–water partition coefficient (Wildman–Crippen LogP) is 3.87. The fraction of sp³-hybridized carbons (Fsp3) is 0.318. The molecule has 0 atom stereocenters. The van der Waals surface area contributed by atoms with Crippen LogP contribution in [0.5, 0.6) is 0 Å². The second-order valence-electron chi connectivity index (χ2n) is 7.26. The van der Waals surface area contributed by atoms with Gasteiger partial charge in [-0.25, -0.2) is 5.10 Å². The van der Waals surface area contributed by atoms with Gasteiger partial charge in [0.05, 0.1) is 11.1 Å². The molecule has 152 valence electrons. The summed E-state index contributed by atoms with van der Waals surface area (Å²) in [6, 6.07) is 15.7. The van der Waals surface area contributed by atoms with Crippen LogP contribution in [0.1, 0.15) is 32.1 Å². The minimum absolute atomic E-state index is 0. The van der Waals surface area contributed by atoms with Gasteiger partial charge in [0.15, 0.2) is 0 Å². The normalized spacial score (nSPS) is 13.1. The molecule has 0 aliphatic heterocycles. The second-order valence-corrected chi connectivity index (χ2v) is 7.26. The number of benzene rings is 2. The Hall–Kier alpha value is -2.70. The van der Waals surface area contributed by atoms with Crippen LogP contribution < -0.4 is 16.2 Å². The van der Waals surface area contributed by atoms with E-state index in [-0.39, 0.29) is 23.9 Å². The molecule has 0 bridgehead atoms. The van der Waals surface area contributed by atoms with Crippen LogP contribution in [0.25, 0.3) is 22.0 Å². The van der Waals surface area contributed by atoms with Gasteiger partial charge in [-0.1, -0.05) is 30.3 Å². The Kier molecular flexibility index (Phi) is 7.01.